The van der Waals surface area contributed by atoms with Gasteiger partial charge in [-0.1, -0.05) is 12.1 Å². The zero-order valence-corrected chi connectivity index (χ0v) is 11.8. The van der Waals surface area contributed by atoms with Crippen molar-refractivity contribution in [3.8, 4) is 0 Å². The maximum absolute atomic E-state index is 12.3. The molecule has 1 aromatic carbocycles. The summed E-state index contributed by atoms with van der Waals surface area (Å²) in [5.74, 6) is -1.44. The highest BCUT2D eigenvalue weighted by molar-refractivity contribution is 7.92. The van der Waals surface area contributed by atoms with Crippen LogP contribution in [0.2, 0.25) is 0 Å². The molecule has 0 bridgehead atoms. The number of aromatic carboxylic acids is 1. The van der Waals surface area contributed by atoms with Gasteiger partial charge in [0.05, 0.1) is 12.3 Å². The molecule has 1 heterocycles. The lowest BCUT2D eigenvalue weighted by atomic mass is 10.2. The summed E-state index contributed by atoms with van der Waals surface area (Å²) in [5, 5.41) is 23.8. The fourth-order valence-electron chi connectivity index (χ4n) is 1.83. The number of nitrogens with zero attached hydrogens (tertiary/aromatic N) is 1. The van der Waals surface area contributed by atoms with Crippen molar-refractivity contribution in [1.29, 1.82) is 0 Å². The van der Waals surface area contributed by atoms with Crippen LogP contribution in [0.5, 0.6) is 0 Å². The van der Waals surface area contributed by atoms with E-state index in [1.165, 1.54) is 19.1 Å². The summed E-state index contributed by atoms with van der Waals surface area (Å²) >= 11 is 0. The van der Waals surface area contributed by atoms with Crippen LogP contribution in [-0.2, 0) is 16.6 Å². The molecule has 2 rings (SSSR count). The number of rotatable bonds is 5. The van der Waals surface area contributed by atoms with Crippen molar-refractivity contribution in [3.05, 3.63) is 41.2 Å². The number of aliphatic hydroxyl groups is 1. The fraction of sp³-hybridized carbons (Fsp3) is 0.167. The molecule has 8 nitrogen and oxygen atoms in total. The average Bonchev–Trinajstić information content (AvgIpc) is 2.81. The number of carboxylic acid groups (broad SMARTS) is 1. The molecule has 0 radical (unpaired) electrons. The Morgan fingerprint density at radius 1 is 1.43 bits per heavy atom. The van der Waals surface area contributed by atoms with Gasteiger partial charge in [0, 0.05) is 5.69 Å². The van der Waals surface area contributed by atoms with E-state index in [0.717, 1.165) is 0 Å². The zero-order valence-electron chi connectivity index (χ0n) is 11.0. The molecular formula is C12H13N3O5S. The summed E-state index contributed by atoms with van der Waals surface area (Å²) in [7, 11) is -4.11. The highest BCUT2D eigenvalue weighted by Gasteiger charge is 2.28. The van der Waals surface area contributed by atoms with E-state index in [1.54, 1.807) is 12.1 Å². The molecule has 0 amide bonds. The largest absolute Gasteiger partial charge is 0.476 e. The van der Waals surface area contributed by atoms with E-state index < -0.39 is 26.6 Å². The topological polar surface area (TPSA) is 132 Å². The standard InChI is InChI=1S/C12H13N3O5S/c1-7-11(10(12(17)18)14-13-7)21(19,20)15-9-4-2-3-8(5-9)6-16/h2-5,15-16H,6H2,1H3,(H,13,14)(H,17,18). The Morgan fingerprint density at radius 3 is 2.76 bits per heavy atom. The van der Waals surface area contributed by atoms with Crippen LogP contribution < -0.4 is 4.72 Å². The van der Waals surface area contributed by atoms with E-state index >= 15 is 0 Å². The Hall–Kier alpha value is -2.39. The Morgan fingerprint density at radius 2 is 2.14 bits per heavy atom. The molecule has 0 aliphatic heterocycles. The SMILES string of the molecule is Cc1[nH]nc(C(=O)O)c1S(=O)(=O)Nc1cccc(CO)c1. The van der Waals surface area contributed by atoms with Gasteiger partial charge in [-0.2, -0.15) is 5.10 Å². The van der Waals surface area contributed by atoms with Gasteiger partial charge in [0.1, 0.15) is 4.90 Å². The number of hydrogen-bond acceptors (Lipinski definition) is 5. The van der Waals surface area contributed by atoms with Crippen molar-refractivity contribution >= 4 is 21.7 Å². The van der Waals surface area contributed by atoms with Gasteiger partial charge in [-0.25, -0.2) is 13.2 Å². The van der Waals surface area contributed by atoms with E-state index in [4.69, 9.17) is 10.2 Å². The number of hydrogen-bond donors (Lipinski definition) is 4. The van der Waals surface area contributed by atoms with Crippen LogP contribution in [0.4, 0.5) is 5.69 Å². The number of aromatic nitrogens is 2. The van der Waals surface area contributed by atoms with Gasteiger partial charge >= 0.3 is 5.97 Å². The Bertz CT molecular complexity index is 782. The summed E-state index contributed by atoms with van der Waals surface area (Å²) in [4.78, 5) is 10.6. The molecule has 0 spiro atoms. The van der Waals surface area contributed by atoms with Gasteiger partial charge in [0.25, 0.3) is 10.0 Å². The molecule has 0 aliphatic carbocycles. The van der Waals surface area contributed by atoms with Crippen molar-refractivity contribution in [2.45, 2.75) is 18.4 Å². The summed E-state index contributed by atoms with van der Waals surface area (Å²) in [5.41, 5.74) is 0.299. The van der Waals surface area contributed by atoms with Crippen LogP contribution in [0, 0.1) is 6.92 Å². The number of benzene rings is 1. The monoisotopic (exact) mass is 311 g/mol. The predicted octanol–water partition coefficient (Wildman–Crippen LogP) is 0.709. The molecule has 9 heteroatoms. The lowest BCUT2D eigenvalue weighted by molar-refractivity contribution is 0.0686. The second-order valence-corrected chi connectivity index (χ2v) is 5.91. The molecule has 21 heavy (non-hydrogen) atoms. The highest BCUT2D eigenvalue weighted by Crippen LogP contribution is 2.22. The Kier molecular flexibility index (Phi) is 3.96. The maximum Gasteiger partial charge on any atom is 0.357 e. The van der Waals surface area contributed by atoms with Crippen LogP contribution in [0.15, 0.2) is 29.2 Å². The maximum atomic E-state index is 12.3. The first-order chi connectivity index (χ1) is 9.85. The number of aryl methyl sites for hydroxylation is 1. The smallest absolute Gasteiger partial charge is 0.357 e. The second-order valence-electron chi connectivity index (χ2n) is 4.30. The normalized spacial score (nSPS) is 11.3. The Balaban J connectivity index is 2.43. The number of nitrogens with one attached hydrogen (secondary N) is 2. The molecule has 0 fully saturated rings. The van der Waals surface area contributed by atoms with Crippen molar-refractivity contribution in [3.63, 3.8) is 0 Å². The summed E-state index contributed by atoms with van der Waals surface area (Å²) in [6.07, 6.45) is 0. The van der Waals surface area contributed by atoms with Crippen LogP contribution in [-0.4, -0.2) is 34.8 Å². The van der Waals surface area contributed by atoms with Gasteiger partial charge < -0.3 is 10.2 Å². The third kappa shape index (κ3) is 3.03. The average molecular weight is 311 g/mol. The molecular weight excluding hydrogens is 298 g/mol. The quantitative estimate of drug-likeness (QED) is 0.643. The minimum absolute atomic E-state index is 0.123. The van der Waals surface area contributed by atoms with Crippen LogP contribution in [0.25, 0.3) is 0 Å². The molecule has 4 N–H and O–H groups in total. The van der Waals surface area contributed by atoms with Crippen LogP contribution in [0.1, 0.15) is 21.7 Å². The van der Waals surface area contributed by atoms with Crippen molar-refractivity contribution in [1.82, 2.24) is 10.2 Å². The van der Waals surface area contributed by atoms with E-state index in [0.29, 0.717) is 5.56 Å². The van der Waals surface area contributed by atoms with Gasteiger partial charge in [0.15, 0.2) is 5.69 Å². The number of sulfonamides is 1. The lowest BCUT2D eigenvalue weighted by Crippen LogP contribution is -2.17. The van der Waals surface area contributed by atoms with E-state index in [9.17, 15) is 13.2 Å². The molecule has 0 saturated heterocycles. The first-order valence-electron chi connectivity index (χ1n) is 5.86. The molecule has 2 aromatic rings. The summed E-state index contributed by atoms with van der Waals surface area (Å²) < 4.78 is 26.9. The first-order valence-corrected chi connectivity index (χ1v) is 7.34. The molecule has 1 aromatic heterocycles. The van der Waals surface area contributed by atoms with E-state index in [-0.39, 0.29) is 18.0 Å². The number of carboxylic acids is 1. The number of aromatic amines is 1. The van der Waals surface area contributed by atoms with Crippen molar-refractivity contribution < 1.29 is 23.4 Å². The Labute approximate surface area is 120 Å². The second kappa shape index (κ2) is 5.54. The van der Waals surface area contributed by atoms with Crippen molar-refractivity contribution in [2.75, 3.05) is 4.72 Å². The van der Waals surface area contributed by atoms with Gasteiger partial charge in [-0.3, -0.25) is 9.82 Å². The number of carbonyl (C=O) groups is 1. The molecule has 0 saturated carbocycles. The summed E-state index contributed by atoms with van der Waals surface area (Å²) in [6.45, 7) is 1.18. The molecule has 112 valence electrons. The zero-order chi connectivity index (χ0) is 15.6. The highest BCUT2D eigenvalue weighted by atomic mass is 32.2. The lowest BCUT2D eigenvalue weighted by Gasteiger charge is -2.09. The van der Waals surface area contributed by atoms with Crippen LogP contribution in [0.3, 0.4) is 0 Å². The number of anilines is 1. The summed E-state index contributed by atoms with van der Waals surface area (Å²) in [6, 6.07) is 6.15. The fourth-order valence-corrected chi connectivity index (χ4v) is 3.21. The third-order valence-electron chi connectivity index (χ3n) is 2.72. The van der Waals surface area contributed by atoms with E-state index in [1.807, 2.05) is 0 Å². The van der Waals surface area contributed by atoms with Gasteiger partial charge in [-0.15, -0.1) is 0 Å². The minimum Gasteiger partial charge on any atom is -0.476 e. The first kappa shape index (κ1) is 15.0. The number of aliphatic hydroxyl groups excluding tert-OH is 1. The molecule has 0 atom stereocenters. The molecule has 0 unspecified atom stereocenters. The van der Waals surface area contributed by atoms with Gasteiger partial charge in [-0.05, 0) is 24.6 Å². The minimum atomic E-state index is -4.11. The van der Waals surface area contributed by atoms with Gasteiger partial charge in [0.2, 0.25) is 0 Å². The van der Waals surface area contributed by atoms with Crippen molar-refractivity contribution in [2.24, 2.45) is 0 Å². The third-order valence-corrected chi connectivity index (χ3v) is 4.27. The number of H-pyrrole nitrogens is 1. The predicted molar refractivity (Wildman–Crippen MR) is 73.5 cm³/mol. The van der Waals surface area contributed by atoms with E-state index in [2.05, 4.69) is 14.9 Å². The van der Waals surface area contributed by atoms with Crippen LogP contribution >= 0.6 is 0 Å². The molecule has 0 aliphatic rings.